The molecule has 0 saturated heterocycles. The third-order valence-corrected chi connectivity index (χ3v) is 3.98. The molecule has 1 heterocycles. The van der Waals surface area contributed by atoms with Crippen molar-refractivity contribution in [1.29, 1.82) is 0 Å². The normalized spacial score (nSPS) is 10.2. The summed E-state index contributed by atoms with van der Waals surface area (Å²) in [4.78, 5) is 19.7. The fraction of sp³-hybridized carbons (Fsp3) is 0. The molecule has 0 radical (unpaired) electrons. The first-order chi connectivity index (χ1) is 13.9. The van der Waals surface area contributed by atoms with E-state index in [1.807, 2.05) is 0 Å². The predicted octanol–water partition coefficient (Wildman–Crippen LogP) is 3.86. The van der Waals surface area contributed by atoms with Gasteiger partial charge in [0.2, 0.25) is 17.6 Å². The van der Waals surface area contributed by atoms with Crippen molar-refractivity contribution in [1.82, 2.24) is 9.97 Å². The van der Waals surface area contributed by atoms with Crippen molar-refractivity contribution in [3.8, 4) is 17.2 Å². The summed E-state index contributed by atoms with van der Waals surface area (Å²) in [6.07, 6.45) is 2.51. The summed E-state index contributed by atoms with van der Waals surface area (Å²) >= 11 is 6.15. The Morgan fingerprint density at radius 1 is 1.07 bits per heavy atom. The molecule has 0 unspecified atom stereocenters. The van der Waals surface area contributed by atoms with Crippen LogP contribution in [0.15, 0.2) is 55.3 Å². The van der Waals surface area contributed by atoms with Crippen molar-refractivity contribution in [3.05, 3.63) is 60.3 Å². The molecule has 0 atom stereocenters. The Morgan fingerprint density at radius 3 is 2.59 bits per heavy atom. The van der Waals surface area contributed by atoms with E-state index in [-0.39, 0.29) is 28.4 Å². The van der Waals surface area contributed by atoms with Crippen LogP contribution >= 0.6 is 11.6 Å². The Labute approximate surface area is 170 Å². The van der Waals surface area contributed by atoms with Crippen LogP contribution in [0.5, 0.6) is 17.2 Å². The minimum Gasteiger partial charge on any atom is -0.504 e. The van der Waals surface area contributed by atoms with Crippen LogP contribution < -0.4 is 16.0 Å². The van der Waals surface area contributed by atoms with Gasteiger partial charge in [0, 0.05) is 11.4 Å². The monoisotopic (exact) mass is 413 g/mol. The number of anilines is 5. The molecule has 9 nitrogen and oxygen atoms in total. The summed E-state index contributed by atoms with van der Waals surface area (Å²) in [7, 11) is 0. The molecule has 0 fully saturated rings. The van der Waals surface area contributed by atoms with Gasteiger partial charge in [0.25, 0.3) is 0 Å². The number of aromatic hydroxyl groups is 3. The Balaban J connectivity index is 1.83. The summed E-state index contributed by atoms with van der Waals surface area (Å²) in [6.45, 7) is 3.40. The van der Waals surface area contributed by atoms with E-state index in [1.165, 1.54) is 18.3 Å². The van der Waals surface area contributed by atoms with Crippen molar-refractivity contribution in [2.75, 3.05) is 16.0 Å². The summed E-state index contributed by atoms with van der Waals surface area (Å²) < 4.78 is 0. The first kappa shape index (κ1) is 19.8. The molecule has 0 aliphatic heterocycles. The Bertz CT molecular complexity index is 1090. The zero-order chi connectivity index (χ0) is 21.0. The van der Waals surface area contributed by atoms with Crippen molar-refractivity contribution in [2.45, 2.75) is 0 Å². The number of nitrogens with zero attached hydrogens (tertiary/aromatic N) is 2. The van der Waals surface area contributed by atoms with Crippen molar-refractivity contribution in [2.24, 2.45) is 0 Å². The SMILES string of the molecule is C=CC(=O)Nc1cccc(Nc2nc(Nc3ccc(O)c(O)c3O)ncc2Cl)c1. The van der Waals surface area contributed by atoms with Crippen LogP contribution in [0.25, 0.3) is 0 Å². The number of hydrogen-bond donors (Lipinski definition) is 6. The number of aromatic nitrogens is 2. The molecule has 1 aromatic heterocycles. The van der Waals surface area contributed by atoms with Gasteiger partial charge in [-0.1, -0.05) is 24.2 Å². The number of halogens is 1. The number of phenols is 3. The van der Waals surface area contributed by atoms with Crippen LogP contribution in [0.3, 0.4) is 0 Å². The third-order valence-electron chi connectivity index (χ3n) is 3.70. The molecule has 29 heavy (non-hydrogen) atoms. The summed E-state index contributed by atoms with van der Waals surface area (Å²) in [5.41, 5.74) is 1.24. The van der Waals surface area contributed by atoms with Crippen LogP contribution in [0.1, 0.15) is 0 Å². The van der Waals surface area contributed by atoms with Gasteiger partial charge in [0.1, 0.15) is 5.02 Å². The van der Waals surface area contributed by atoms with E-state index in [0.29, 0.717) is 11.4 Å². The molecule has 0 aliphatic rings. The van der Waals surface area contributed by atoms with E-state index in [4.69, 9.17) is 11.6 Å². The number of nitrogens with one attached hydrogen (secondary N) is 3. The van der Waals surface area contributed by atoms with E-state index in [9.17, 15) is 20.1 Å². The minimum atomic E-state index is -0.666. The highest BCUT2D eigenvalue weighted by Gasteiger charge is 2.13. The number of hydrogen-bond acceptors (Lipinski definition) is 8. The molecule has 0 bridgehead atoms. The van der Waals surface area contributed by atoms with Crippen LogP contribution in [0, 0.1) is 0 Å². The molecule has 1 amide bonds. The maximum atomic E-state index is 11.4. The molecule has 3 aromatic rings. The molecule has 10 heteroatoms. The third kappa shape index (κ3) is 4.66. The van der Waals surface area contributed by atoms with Gasteiger partial charge >= 0.3 is 0 Å². The zero-order valence-corrected chi connectivity index (χ0v) is 15.6. The van der Waals surface area contributed by atoms with Gasteiger partial charge in [0.15, 0.2) is 17.3 Å². The molecule has 0 spiro atoms. The van der Waals surface area contributed by atoms with E-state index in [1.54, 1.807) is 24.3 Å². The largest absolute Gasteiger partial charge is 0.504 e. The summed E-state index contributed by atoms with van der Waals surface area (Å²) in [5.74, 6) is -1.68. The fourth-order valence-corrected chi connectivity index (χ4v) is 2.45. The van der Waals surface area contributed by atoms with E-state index in [2.05, 4.69) is 32.5 Å². The number of carbonyl (C=O) groups is 1. The molecule has 2 aromatic carbocycles. The van der Waals surface area contributed by atoms with Crippen molar-refractivity contribution in [3.63, 3.8) is 0 Å². The van der Waals surface area contributed by atoms with E-state index < -0.39 is 17.2 Å². The average Bonchev–Trinajstić information content (AvgIpc) is 2.71. The summed E-state index contributed by atoms with van der Waals surface area (Å²) in [6, 6.07) is 9.42. The number of benzene rings is 2. The van der Waals surface area contributed by atoms with E-state index >= 15 is 0 Å². The lowest BCUT2D eigenvalue weighted by atomic mass is 10.2. The lowest BCUT2D eigenvalue weighted by molar-refractivity contribution is -0.111. The second-order valence-electron chi connectivity index (χ2n) is 5.74. The van der Waals surface area contributed by atoms with Gasteiger partial charge in [-0.05, 0) is 36.4 Å². The maximum absolute atomic E-state index is 11.4. The van der Waals surface area contributed by atoms with Crippen LogP contribution in [-0.2, 0) is 4.79 Å². The minimum absolute atomic E-state index is 0.0772. The van der Waals surface area contributed by atoms with Gasteiger partial charge in [-0.2, -0.15) is 4.98 Å². The predicted molar refractivity (Wildman–Crippen MR) is 110 cm³/mol. The first-order valence-corrected chi connectivity index (χ1v) is 8.59. The Hall–Kier alpha value is -3.98. The van der Waals surface area contributed by atoms with Gasteiger partial charge < -0.3 is 31.3 Å². The second-order valence-corrected chi connectivity index (χ2v) is 6.15. The van der Waals surface area contributed by atoms with Crippen molar-refractivity contribution < 1.29 is 20.1 Å². The molecule has 6 N–H and O–H groups in total. The van der Waals surface area contributed by atoms with Gasteiger partial charge in [-0.3, -0.25) is 4.79 Å². The Kier molecular flexibility index (Phi) is 5.70. The highest BCUT2D eigenvalue weighted by molar-refractivity contribution is 6.32. The Morgan fingerprint density at radius 2 is 1.83 bits per heavy atom. The highest BCUT2D eigenvalue weighted by atomic mass is 35.5. The summed E-state index contributed by atoms with van der Waals surface area (Å²) in [5, 5.41) is 37.5. The molecule has 3 rings (SSSR count). The number of phenolic OH excluding ortho intramolecular Hbond substituents is 3. The van der Waals surface area contributed by atoms with Crippen LogP contribution in [-0.4, -0.2) is 31.2 Å². The van der Waals surface area contributed by atoms with Gasteiger partial charge in [-0.25, -0.2) is 4.98 Å². The van der Waals surface area contributed by atoms with Crippen LogP contribution in [0.4, 0.5) is 28.8 Å². The average molecular weight is 414 g/mol. The van der Waals surface area contributed by atoms with E-state index in [0.717, 1.165) is 6.08 Å². The lowest BCUT2D eigenvalue weighted by Gasteiger charge is -2.12. The number of carbonyl (C=O) groups excluding carboxylic acids is 1. The maximum Gasteiger partial charge on any atom is 0.247 e. The molecular formula is C19H16ClN5O4. The lowest BCUT2D eigenvalue weighted by Crippen LogP contribution is -2.07. The quantitative estimate of drug-likeness (QED) is 0.203. The standard InChI is InChI=1S/C19H16ClN5O4/c1-2-15(27)22-10-4-3-5-11(8-10)23-18-12(20)9-21-19(25-18)24-13-6-7-14(26)17(29)16(13)28/h2-9,26,28-29H,1H2,(H,22,27)(H2,21,23,24,25). The smallest absolute Gasteiger partial charge is 0.247 e. The number of rotatable bonds is 6. The number of amides is 1. The van der Waals surface area contributed by atoms with Gasteiger partial charge in [-0.15, -0.1) is 0 Å². The zero-order valence-electron chi connectivity index (χ0n) is 14.8. The molecule has 148 valence electrons. The fourth-order valence-electron chi connectivity index (χ4n) is 2.31. The highest BCUT2D eigenvalue weighted by Crippen LogP contribution is 2.41. The molecular weight excluding hydrogens is 398 g/mol. The van der Waals surface area contributed by atoms with Crippen LogP contribution in [0.2, 0.25) is 5.02 Å². The van der Waals surface area contributed by atoms with Crippen molar-refractivity contribution >= 4 is 46.3 Å². The second kappa shape index (κ2) is 8.36. The molecule has 0 saturated carbocycles. The first-order valence-electron chi connectivity index (χ1n) is 8.21. The molecule has 0 aliphatic carbocycles. The van der Waals surface area contributed by atoms with Gasteiger partial charge in [0.05, 0.1) is 11.9 Å². The topological polar surface area (TPSA) is 140 Å².